The van der Waals surface area contributed by atoms with Crippen LogP contribution >= 0.6 is 23.1 Å². The smallest absolute Gasteiger partial charge is 0.301 e. The maximum Gasteiger partial charge on any atom is 0.301 e. The fourth-order valence-corrected chi connectivity index (χ4v) is 6.81. The lowest BCUT2D eigenvalue weighted by atomic mass is 9.94. The van der Waals surface area contributed by atoms with Crippen LogP contribution in [-0.4, -0.2) is 32.0 Å². The van der Waals surface area contributed by atoms with Gasteiger partial charge in [0.2, 0.25) is 5.13 Å². The molecule has 1 saturated heterocycles. The van der Waals surface area contributed by atoms with Crippen LogP contribution < -0.4 is 4.90 Å². The summed E-state index contributed by atoms with van der Waals surface area (Å²) in [5.41, 5.74) is 4.00. The Balaban J connectivity index is 1.37. The highest BCUT2D eigenvalue weighted by atomic mass is 32.2. The van der Waals surface area contributed by atoms with Crippen LogP contribution in [0.2, 0.25) is 0 Å². The molecule has 40 heavy (non-hydrogen) atoms. The number of aryl methyl sites for hydroxylation is 2. The number of Topliss-reactive ketones (excluding diaryl/α,β-unsaturated/α-hetero) is 1. The summed E-state index contributed by atoms with van der Waals surface area (Å²) in [7, 11) is 0. The van der Waals surface area contributed by atoms with Gasteiger partial charge in [0.05, 0.1) is 11.6 Å². The molecule has 1 N–H and O–H groups in total. The zero-order valence-corrected chi connectivity index (χ0v) is 23.4. The maximum atomic E-state index is 13.5. The second-order valence-electron chi connectivity index (χ2n) is 9.55. The van der Waals surface area contributed by atoms with E-state index in [9.17, 15) is 14.7 Å². The first kappa shape index (κ1) is 25.9. The molecule has 0 spiro atoms. The van der Waals surface area contributed by atoms with Crippen molar-refractivity contribution in [3.05, 3.63) is 119 Å². The number of aromatic nitrogens is 3. The summed E-state index contributed by atoms with van der Waals surface area (Å²) in [4.78, 5) is 32.5. The molecule has 3 aromatic carbocycles. The van der Waals surface area contributed by atoms with Crippen molar-refractivity contribution in [3.8, 4) is 0 Å². The van der Waals surface area contributed by atoms with Crippen molar-refractivity contribution in [1.82, 2.24) is 15.2 Å². The zero-order valence-electron chi connectivity index (χ0n) is 21.7. The third kappa shape index (κ3) is 4.67. The van der Waals surface area contributed by atoms with Gasteiger partial charge in [0.1, 0.15) is 5.76 Å². The fourth-order valence-electron chi connectivity index (χ4n) is 4.94. The summed E-state index contributed by atoms with van der Waals surface area (Å²) in [5.74, 6) is -1.08. The second-order valence-corrected chi connectivity index (χ2v) is 11.7. The topological polar surface area (TPSA) is 96.3 Å². The summed E-state index contributed by atoms with van der Waals surface area (Å²) in [6.07, 6.45) is 3.21. The number of carbonyl (C=O) groups excluding carboxylic acids is 2. The third-order valence-corrected chi connectivity index (χ3v) is 9.03. The first-order valence-corrected chi connectivity index (χ1v) is 14.4. The Morgan fingerprint density at radius 3 is 2.65 bits per heavy atom. The van der Waals surface area contributed by atoms with Crippen molar-refractivity contribution in [1.29, 1.82) is 0 Å². The number of hydrogen-bond acceptors (Lipinski definition) is 8. The first-order valence-electron chi connectivity index (χ1n) is 12.6. The van der Waals surface area contributed by atoms with Crippen molar-refractivity contribution < 1.29 is 14.7 Å². The minimum Gasteiger partial charge on any atom is -0.507 e. The molecule has 1 aliphatic heterocycles. The molecule has 6 rings (SSSR count). The summed E-state index contributed by atoms with van der Waals surface area (Å²) < 4.78 is 0.671. The molecular formula is C31H24N4O3S2. The van der Waals surface area contributed by atoms with Crippen LogP contribution in [0, 0.1) is 13.8 Å². The predicted molar refractivity (Wildman–Crippen MR) is 158 cm³/mol. The minimum absolute atomic E-state index is 0.00635. The molecule has 198 valence electrons. The van der Waals surface area contributed by atoms with Gasteiger partial charge in [-0.25, -0.2) is 0 Å². The molecule has 5 aromatic rings. The van der Waals surface area contributed by atoms with Crippen molar-refractivity contribution in [2.75, 3.05) is 4.90 Å². The van der Waals surface area contributed by atoms with E-state index in [2.05, 4.69) is 39.4 Å². The van der Waals surface area contributed by atoms with Crippen molar-refractivity contribution in [3.63, 3.8) is 0 Å². The number of hydrogen-bond donors (Lipinski definition) is 1. The van der Waals surface area contributed by atoms with Gasteiger partial charge in [0.15, 0.2) is 4.34 Å². The molecule has 0 radical (unpaired) electrons. The molecule has 7 nitrogen and oxygen atoms in total. The third-order valence-electron chi connectivity index (χ3n) is 6.93. The quantitative estimate of drug-likeness (QED) is 0.0814. The van der Waals surface area contributed by atoms with E-state index in [1.807, 2.05) is 50.2 Å². The SMILES string of the molecule is Cc1ccc(C)c(/C(O)=C2\C(=O)C(=O)N(c3nnc(SCc4cccc5ccccc45)s3)C2c2cccnc2)c1. The van der Waals surface area contributed by atoms with Gasteiger partial charge < -0.3 is 5.11 Å². The van der Waals surface area contributed by atoms with E-state index in [0.29, 0.717) is 21.2 Å². The molecule has 1 fully saturated rings. The minimum atomic E-state index is -0.891. The molecule has 1 atom stereocenters. The average molecular weight is 565 g/mol. The van der Waals surface area contributed by atoms with E-state index in [1.54, 1.807) is 24.5 Å². The van der Waals surface area contributed by atoms with Crippen molar-refractivity contribution >= 4 is 56.5 Å². The highest BCUT2D eigenvalue weighted by Gasteiger charge is 2.48. The van der Waals surface area contributed by atoms with Gasteiger partial charge >= 0.3 is 5.91 Å². The Kier molecular flexibility index (Phi) is 6.91. The fraction of sp³-hybridized carbons (Fsp3) is 0.129. The summed E-state index contributed by atoms with van der Waals surface area (Å²) in [6.45, 7) is 3.76. The molecule has 0 saturated carbocycles. The van der Waals surface area contributed by atoms with Crippen LogP contribution in [-0.2, 0) is 15.3 Å². The average Bonchev–Trinajstić information content (AvgIpc) is 3.55. The molecule has 0 aliphatic carbocycles. The number of ketones is 1. The molecule has 1 aliphatic rings. The Bertz CT molecular complexity index is 1790. The molecule has 1 amide bonds. The van der Waals surface area contributed by atoms with Gasteiger partial charge in [-0.1, -0.05) is 89.3 Å². The highest BCUT2D eigenvalue weighted by molar-refractivity contribution is 8.00. The van der Waals surface area contributed by atoms with Gasteiger partial charge in [-0.2, -0.15) is 0 Å². The Hall–Kier alpha value is -4.34. The lowest BCUT2D eigenvalue weighted by molar-refractivity contribution is -0.132. The molecule has 1 unspecified atom stereocenters. The van der Waals surface area contributed by atoms with Crippen LogP contribution in [0.25, 0.3) is 16.5 Å². The van der Waals surface area contributed by atoms with Gasteiger partial charge in [-0.05, 0) is 53.4 Å². The van der Waals surface area contributed by atoms with Crippen LogP contribution in [0.3, 0.4) is 0 Å². The molecular weight excluding hydrogens is 541 g/mol. The molecule has 2 aromatic heterocycles. The van der Waals surface area contributed by atoms with Crippen LogP contribution in [0.4, 0.5) is 5.13 Å². The maximum absolute atomic E-state index is 13.5. The van der Waals surface area contributed by atoms with E-state index in [4.69, 9.17) is 0 Å². The Morgan fingerprint density at radius 1 is 1.00 bits per heavy atom. The number of nitrogens with zero attached hydrogens (tertiary/aromatic N) is 4. The number of pyridine rings is 1. The Morgan fingerprint density at radius 2 is 1.82 bits per heavy atom. The second kappa shape index (κ2) is 10.7. The van der Waals surface area contributed by atoms with Gasteiger partial charge in [-0.15, -0.1) is 10.2 Å². The van der Waals surface area contributed by atoms with Crippen LogP contribution in [0.1, 0.15) is 33.9 Å². The summed E-state index contributed by atoms with van der Waals surface area (Å²) >= 11 is 2.77. The molecule has 3 heterocycles. The highest BCUT2D eigenvalue weighted by Crippen LogP contribution is 2.44. The number of carbonyl (C=O) groups is 2. The van der Waals surface area contributed by atoms with Gasteiger partial charge in [0.25, 0.3) is 5.78 Å². The first-order chi connectivity index (χ1) is 19.4. The van der Waals surface area contributed by atoms with E-state index < -0.39 is 17.7 Å². The summed E-state index contributed by atoms with van der Waals surface area (Å²) in [6, 6.07) is 22.7. The van der Waals surface area contributed by atoms with E-state index in [1.165, 1.54) is 44.3 Å². The van der Waals surface area contributed by atoms with Crippen LogP contribution in [0.5, 0.6) is 0 Å². The number of amides is 1. The number of thioether (sulfide) groups is 1. The lowest BCUT2D eigenvalue weighted by Crippen LogP contribution is -2.29. The van der Waals surface area contributed by atoms with E-state index >= 15 is 0 Å². The number of fused-ring (bicyclic) bond motifs is 1. The van der Waals surface area contributed by atoms with Gasteiger partial charge in [-0.3, -0.25) is 19.5 Å². The van der Waals surface area contributed by atoms with Crippen LogP contribution in [0.15, 0.2) is 95.1 Å². The number of aliphatic hydroxyl groups is 1. The predicted octanol–water partition coefficient (Wildman–Crippen LogP) is 6.62. The Labute approximate surface area is 239 Å². The summed E-state index contributed by atoms with van der Waals surface area (Å²) in [5, 5.41) is 22.7. The normalized spacial score (nSPS) is 16.6. The number of benzene rings is 3. The molecule has 9 heteroatoms. The molecule has 0 bridgehead atoms. The van der Waals surface area contributed by atoms with Gasteiger partial charge in [0, 0.05) is 23.7 Å². The monoisotopic (exact) mass is 564 g/mol. The number of aliphatic hydroxyl groups excluding tert-OH is 1. The van der Waals surface area contributed by atoms with E-state index in [-0.39, 0.29) is 16.5 Å². The number of rotatable bonds is 6. The largest absolute Gasteiger partial charge is 0.507 e. The zero-order chi connectivity index (χ0) is 27.8. The van der Waals surface area contributed by atoms with Crippen molar-refractivity contribution in [2.45, 2.75) is 30.0 Å². The standard InChI is InChI=1S/C31H24N4O3S2/c1-18-12-13-19(2)24(15-18)27(36)25-26(21-10-6-14-32-16-21)35(29(38)28(25)37)30-33-34-31(40-30)39-17-22-9-5-8-20-7-3-4-11-23(20)22/h3-16,26,36H,17H2,1-2H3/b27-25+. The lowest BCUT2D eigenvalue weighted by Gasteiger charge is -2.22. The van der Waals surface area contributed by atoms with Crippen molar-refractivity contribution in [2.24, 2.45) is 0 Å². The number of anilines is 1. The van der Waals surface area contributed by atoms with E-state index in [0.717, 1.165) is 11.1 Å².